The van der Waals surface area contributed by atoms with Crippen LogP contribution in [-0.4, -0.2) is 51.3 Å². The van der Waals surface area contributed by atoms with E-state index in [4.69, 9.17) is 9.47 Å². The average Bonchev–Trinajstić information content (AvgIpc) is 2.51. The fourth-order valence-corrected chi connectivity index (χ4v) is 1.96. The van der Waals surface area contributed by atoms with Crippen molar-refractivity contribution in [3.05, 3.63) is 29.8 Å². The number of nitrogens with one attached hydrogen (secondary N) is 1. The molecule has 4 heteroatoms. The molecule has 0 saturated carbocycles. The predicted molar refractivity (Wildman–Crippen MR) is 83.3 cm³/mol. The first-order valence-electron chi connectivity index (χ1n) is 7.43. The molecule has 20 heavy (non-hydrogen) atoms. The summed E-state index contributed by atoms with van der Waals surface area (Å²) in [5.41, 5.74) is 1.17. The molecular weight excluding hydrogens is 252 g/mol. The van der Waals surface area contributed by atoms with E-state index in [1.54, 1.807) is 7.11 Å². The Labute approximate surface area is 123 Å². The van der Waals surface area contributed by atoms with Crippen LogP contribution in [0.15, 0.2) is 24.3 Å². The van der Waals surface area contributed by atoms with Crippen molar-refractivity contribution in [1.29, 1.82) is 0 Å². The lowest BCUT2D eigenvalue weighted by Gasteiger charge is -2.17. The Morgan fingerprint density at radius 3 is 2.35 bits per heavy atom. The summed E-state index contributed by atoms with van der Waals surface area (Å²) in [5, 5.41) is 3.40. The molecule has 0 heterocycles. The summed E-state index contributed by atoms with van der Waals surface area (Å²) in [4.78, 5) is 2.41. The lowest BCUT2D eigenvalue weighted by molar-refractivity contribution is 0.122. The molecule has 1 aromatic carbocycles. The predicted octanol–water partition coefficient (Wildman–Crippen LogP) is 2.14. The van der Waals surface area contributed by atoms with E-state index in [1.165, 1.54) is 5.56 Å². The van der Waals surface area contributed by atoms with Crippen molar-refractivity contribution in [1.82, 2.24) is 10.2 Å². The van der Waals surface area contributed by atoms with Crippen molar-refractivity contribution in [3.63, 3.8) is 0 Å². The van der Waals surface area contributed by atoms with Crippen LogP contribution in [0.2, 0.25) is 0 Å². The van der Waals surface area contributed by atoms with Gasteiger partial charge >= 0.3 is 0 Å². The molecule has 0 bridgehead atoms. The third-order valence-electron chi connectivity index (χ3n) is 3.35. The first kappa shape index (κ1) is 17.0. The molecule has 0 unspecified atom stereocenters. The number of hydrogen-bond acceptors (Lipinski definition) is 4. The summed E-state index contributed by atoms with van der Waals surface area (Å²) in [6.07, 6.45) is 0. The van der Waals surface area contributed by atoms with E-state index in [1.807, 2.05) is 24.3 Å². The quantitative estimate of drug-likeness (QED) is 0.630. The summed E-state index contributed by atoms with van der Waals surface area (Å²) in [6.45, 7) is 11.0. The van der Waals surface area contributed by atoms with Gasteiger partial charge in [0.2, 0.25) is 0 Å². The summed E-state index contributed by atoms with van der Waals surface area (Å²) in [6, 6.07) is 7.99. The van der Waals surface area contributed by atoms with Crippen molar-refractivity contribution in [2.75, 3.05) is 46.4 Å². The monoisotopic (exact) mass is 280 g/mol. The van der Waals surface area contributed by atoms with Gasteiger partial charge in [0.25, 0.3) is 0 Å². The number of methoxy groups -OCH3 is 1. The van der Waals surface area contributed by atoms with E-state index < -0.39 is 0 Å². The first-order chi connectivity index (χ1) is 9.80. The second kappa shape index (κ2) is 10.7. The molecule has 0 fully saturated rings. The van der Waals surface area contributed by atoms with Crippen LogP contribution < -0.4 is 10.1 Å². The maximum atomic E-state index is 5.64. The minimum absolute atomic E-state index is 0.654. The van der Waals surface area contributed by atoms with E-state index in [0.717, 1.165) is 45.1 Å². The summed E-state index contributed by atoms with van der Waals surface area (Å²) < 4.78 is 10.8. The van der Waals surface area contributed by atoms with Gasteiger partial charge in [-0.2, -0.15) is 0 Å². The Balaban J connectivity index is 2.01. The SMILES string of the molecule is CCN(CC)CCNCCOCc1ccc(OC)cc1. The van der Waals surface area contributed by atoms with Crippen LogP contribution in [0.3, 0.4) is 0 Å². The van der Waals surface area contributed by atoms with Crippen LogP contribution in [0.25, 0.3) is 0 Å². The van der Waals surface area contributed by atoms with Crippen LogP contribution in [0, 0.1) is 0 Å². The van der Waals surface area contributed by atoms with Gasteiger partial charge in [-0.05, 0) is 30.8 Å². The molecule has 0 radical (unpaired) electrons. The van der Waals surface area contributed by atoms with Crippen LogP contribution >= 0.6 is 0 Å². The van der Waals surface area contributed by atoms with E-state index in [-0.39, 0.29) is 0 Å². The number of nitrogens with zero attached hydrogens (tertiary/aromatic N) is 1. The molecule has 1 rings (SSSR count). The second-order valence-electron chi connectivity index (χ2n) is 4.68. The van der Waals surface area contributed by atoms with Crippen LogP contribution in [-0.2, 0) is 11.3 Å². The zero-order valence-corrected chi connectivity index (χ0v) is 13.0. The van der Waals surface area contributed by atoms with E-state index in [0.29, 0.717) is 6.61 Å². The standard InChI is InChI=1S/C16H28N2O2/c1-4-18(5-2)12-10-17-11-13-20-14-15-6-8-16(19-3)9-7-15/h6-9,17H,4-5,10-14H2,1-3H3. The smallest absolute Gasteiger partial charge is 0.118 e. The number of benzene rings is 1. The largest absolute Gasteiger partial charge is 0.497 e. The second-order valence-corrected chi connectivity index (χ2v) is 4.68. The van der Waals surface area contributed by atoms with Crippen LogP contribution in [0.4, 0.5) is 0 Å². The molecule has 0 spiro atoms. The molecular formula is C16H28N2O2. The highest BCUT2D eigenvalue weighted by atomic mass is 16.5. The molecule has 1 aromatic rings. The zero-order chi connectivity index (χ0) is 14.6. The number of hydrogen-bond donors (Lipinski definition) is 1. The van der Waals surface area contributed by atoms with Gasteiger partial charge in [-0.25, -0.2) is 0 Å². The van der Waals surface area contributed by atoms with Crippen LogP contribution in [0.1, 0.15) is 19.4 Å². The fraction of sp³-hybridized carbons (Fsp3) is 0.625. The first-order valence-corrected chi connectivity index (χ1v) is 7.43. The van der Waals surface area contributed by atoms with Gasteiger partial charge in [0.05, 0.1) is 20.3 Å². The van der Waals surface area contributed by atoms with Gasteiger partial charge in [-0.1, -0.05) is 26.0 Å². The number of rotatable bonds is 11. The average molecular weight is 280 g/mol. The molecule has 0 atom stereocenters. The number of likely N-dealkylation sites (N-methyl/N-ethyl adjacent to an activating group) is 1. The minimum Gasteiger partial charge on any atom is -0.497 e. The van der Waals surface area contributed by atoms with Crippen molar-refractivity contribution < 1.29 is 9.47 Å². The lowest BCUT2D eigenvalue weighted by Crippen LogP contribution is -2.33. The third kappa shape index (κ3) is 6.89. The Bertz CT molecular complexity index is 337. The van der Waals surface area contributed by atoms with E-state index in [2.05, 4.69) is 24.1 Å². The summed E-state index contributed by atoms with van der Waals surface area (Å²) in [7, 11) is 1.68. The Morgan fingerprint density at radius 2 is 1.75 bits per heavy atom. The Hall–Kier alpha value is -1.10. The molecule has 0 aliphatic carbocycles. The maximum absolute atomic E-state index is 5.64. The molecule has 0 saturated heterocycles. The molecule has 0 aromatic heterocycles. The molecule has 0 aliphatic heterocycles. The Kier molecular flexibility index (Phi) is 9.04. The van der Waals surface area contributed by atoms with Gasteiger partial charge in [-0.15, -0.1) is 0 Å². The van der Waals surface area contributed by atoms with Gasteiger partial charge in [0, 0.05) is 19.6 Å². The molecule has 1 N–H and O–H groups in total. The normalized spacial score (nSPS) is 11.0. The minimum atomic E-state index is 0.654. The zero-order valence-electron chi connectivity index (χ0n) is 13.0. The topological polar surface area (TPSA) is 33.7 Å². The Morgan fingerprint density at radius 1 is 1.05 bits per heavy atom. The summed E-state index contributed by atoms with van der Waals surface area (Å²) >= 11 is 0. The van der Waals surface area contributed by atoms with E-state index in [9.17, 15) is 0 Å². The molecule has 0 aliphatic rings. The molecule has 4 nitrogen and oxygen atoms in total. The highest BCUT2D eigenvalue weighted by Gasteiger charge is 1.98. The van der Waals surface area contributed by atoms with Crippen molar-refractivity contribution in [2.24, 2.45) is 0 Å². The lowest BCUT2D eigenvalue weighted by atomic mass is 10.2. The van der Waals surface area contributed by atoms with Crippen molar-refractivity contribution in [3.8, 4) is 5.75 Å². The van der Waals surface area contributed by atoms with Gasteiger partial charge in [-0.3, -0.25) is 0 Å². The summed E-state index contributed by atoms with van der Waals surface area (Å²) in [5.74, 6) is 0.881. The third-order valence-corrected chi connectivity index (χ3v) is 3.35. The van der Waals surface area contributed by atoms with Gasteiger partial charge in [0.15, 0.2) is 0 Å². The molecule has 0 amide bonds. The maximum Gasteiger partial charge on any atom is 0.118 e. The molecule has 114 valence electrons. The highest BCUT2D eigenvalue weighted by molar-refractivity contribution is 5.26. The van der Waals surface area contributed by atoms with Crippen molar-refractivity contribution >= 4 is 0 Å². The van der Waals surface area contributed by atoms with E-state index >= 15 is 0 Å². The van der Waals surface area contributed by atoms with Crippen LogP contribution in [0.5, 0.6) is 5.75 Å². The van der Waals surface area contributed by atoms with Gasteiger partial charge < -0.3 is 19.7 Å². The highest BCUT2D eigenvalue weighted by Crippen LogP contribution is 2.11. The van der Waals surface area contributed by atoms with Crippen molar-refractivity contribution in [2.45, 2.75) is 20.5 Å². The fourth-order valence-electron chi connectivity index (χ4n) is 1.96. The van der Waals surface area contributed by atoms with Gasteiger partial charge in [0.1, 0.15) is 5.75 Å². The number of ether oxygens (including phenoxy) is 2.